The number of benzene rings is 1. The summed E-state index contributed by atoms with van der Waals surface area (Å²) in [6.45, 7) is 0.984. The molecule has 0 unspecified atom stereocenters. The number of nitriles is 1. The lowest BCUT2D eigenvalue weighted by Crippen LogP contribution is -2.43. The van der Waals surface area contributed by atoms with Crippen molar-refractivity contribution in [2.45, 2.75) is 19.3 Å². The highest BCUT2D eigenvalue weighted by Crippen LogP contribution is 2.35. The Balaban J connectivity index is 1.49. The monoisotopic (exact) mass is 389 g/mol. The largest absolute Gasteiger partial charge is 0.338 e. The zero-order valence-corrected chi connectivity index (χ0v) is 15.8. The highest BCUT2D eigenvalue weighted by atomic mass is 19.1. The molecule has 1 aromatic carbocycles. The van der Waals surface area contributed by atoms with E-state index in [0.29, 0.717) is 43.7 Å². The quantitative estimate of drug-likeness (QED) is 0.685. The zero-order valence-electron chi connectivity index (χ0n) is 15.8. The third-order valence-electron chi connectivity index (χ3n) is 5.47. The fraction of sp³-hybridized carbons (Fsp3) is 0.273. The molecule has 146 valence electrons. The van der Waals surface area contributed by atoms with E-state index in [1.165, 1.54) is 12.1 Å². The molecule has 0 atom stereocenters. The topological polar surface area (TPSA) is 74.8 Å². The van der Waals surface area contributed by atoms with E-state index in [-0.39, 0.29) is 11.7 Å². The second-order valence-corrected chi connectivity index (χ2v) is 7.33. The third kappa shape index (κ3) is 3.87. The summed E-state index contributed by atoms with van der Waals surface area (Å²) in [6.07, 6.45) is 8.35. The van der Waals surface area contributed by atoms with Gasteiger partial charge in [-0.25, -0.2) is 14.4 Å². The van der Waals surface area contributed by atoms with Gasteiger partial charge in [-0.1, -0.05) is 12.1 Å². The molecule has 6 nitrogen and oxygen atoms in total. The third-order valence-corrected chi connectivity index (χ3v) is 5.47. The first kappa shape index (κ1) is 18.8. The Morgan fingerprint density at radius 2 is 1.93 bits per heavy atom. The number of piperidine rings is 1. The van der Waals surface area contributed by atoms with Gasteiger partial charge < -0.3 is 4.90 Å². The minimum atomic E-state index is -0.545. The molecule has 0 N–H and O–H groups in total. The van der Waals surface area contributed by atoms with Gasteiger partial charge >= 0.3 is 0 Å². The van der Waals surface area contributed by atoms with Gasteiger partial charge in [0.15, 0.2) is 5.82 Å². The number of aromatic nitrogens is 3. The maximum atomic E-state index is 13.2. The summed E-state index contributed by atoms with van der Waals surface area (Å²) in [6, 6.07) is 12.2. The Kier molecular flexibility index (Phi) is 5.09. The normalized spacial score (nSPS) is 15.7. The molecule has 29 heavy (non-hydrogen) atoms. The molecule has 0 spiro atoms. The van der Waals surface area contributed by atoms with Crippen LogP contribution in [0.2, 0.25) is 0 Å². The van der Waals surface area contributed by atoms with E-state index in [1.54, 1.807) is 58.7 Å². The smallest absolute Gasteiger partial charge is 0.257 e. The molecule has 1 aliphatic heterocycles. The number of likely N-dealkylation sites (tertiary alicyclic amines) is 1. The van der Waals surface area contributed by atoms with Crippen molar-refractivity contribution in [3.05, 3.63) is 78.3 Å². The average molecular weight is 389 g/mol. The molecule has 7 heteroatoms. The van der Waals surface area contributed by atoms with E-state index in [0.717, 1.165) is 5.56 Å². The summed E-state index contributed by atoms with van der Waals surface area (Å²) in [4.78, 5) is 23.3. The first-order chi connectivity index (χ1) is 14.1. The van der Waals surface area contributed by atoms with Gasteiger partial charge in [-0.05, 0) is 49.1 Å². The molecule has 3 aromatic rings. The van der Waals surface area contributed by atoms with Crippen molar-refractivity contribution in [1.82, 2.24) is 19.4 Å². The molecule has 1 saturated heterocycles. The molecule has 0 radical (unpaired) electrons. The van der Waals surface area contributed by atoms with E-state index < -0.39 is 5.41 Å². The second kappa shape index (κ2) is 7.84. The number of amides is 1. The maximum Gasteiger partial charge on any atom is 0.257 e. The molecule has 0 bridgehead atoms. The number of rotatable bonds is 4. The molecule has 0 aliphatic carbocycles. The molecule has 1 aliphatic rings. The summed E-state index contributed by atoms with van der Waals surface area (Å²) in [5.41, 5.74) is 0.896. The van der Waals surface area contributed by atoms with Crippen molar-refractivity contribution in [3.63, 3.8) is 0 Å². The summed E-state index contributed by atoms with van der Waals surface area (Å²) < 4.78 is 14.9. The Hall–Kier alpha value is -3.53. The fourth-order valence-corrected chi connectivity index (χ4v) is 3.78. The lowest BCUT2D eigenvalue weighted by atomic mass is 9.75. The van der Waals surface area contributed by atoms with Crippen LogP contribution in [-0.4, -0.2) is 38.4 Å². The van der Waals surface area contributed by atoms with E-state index in [2.05, 4.69) is 16.0 Å². The summed E-state index contributed by atoms with van der Waals surface area (Å²) in [7, 11) is 0. The molecule has 3 heterocycles. The number of halogens is 1. The van der Waals surface area contributed by atoms with Crippen LogP contribution in [0.4, 0.5) is 4.39 Å². The molecule has 0 saturated carbocycles. The van der Waals surface area contributed by atoms with Crippen molar-refractivity contribution in [2.75, 3.05) is 13.1 Å². The molecule has 2 aromatic heterocycles. The highest BCUT2D eigenvalue weighted by molar-refractivity contribution is 5.97. The van der Waals surface area contributed by atoms with Crippen molar-refractivity contribution < 1.29 is 9.18 Å². The van der Waals surface area contributed by atoms with Crippen LogP contribution >= 0.6 is 0 Å². The number of hydrogen-bond acceptors (Lipinski definition) is 4. The van der Waals surface area contributed by atoms with Crippen molar-refractivity contribution >= 4 is 5.91 Å². The standard InChI is InChI=1S/C22H20FN5O/c23-18-5-3-17(4-6-18)14-22(15-24)7-11-27(12-8-22)21(29)19-2-1-9-26-20(19)28-13-10-25-16-28/h1-6,9-10,13,16H,7-8,11-12,14H2. The van der Waals surface area contributed by atoms with Crippen molar-refractivity contribution in [3.8, 4) is 11.9 Å². The Morgan fingerprint density at radius 1 is 1.17 bits per heavy atom. The number of pyridine rings is 1. The van der Waals surface area contributed by atoms with E-state index >= 15 is 0 Å². The first-order valence-electron chi connectivity index (χ1n) is 9.49. The number of carbonyl (C=O) groups excluding carboxylic acids is 1. The van der Waals surface area contributed by atoms with Crippen LogP contribution in [0.25, 0.3) is 5.82 Å². The molecule has 1 fully saturated rings. The van der Waals surface area contributed by atoms with Gasteiger partial charge in [0, 0.05) is 31.7 Å². The fourth-order valence-electron chi connectivity index (χ4n) is 3.78. The minimum Gasteiger partial charge on any atom is -0.338 e. The van der Waals surface area contributed by atoms with Crippen LogP contribution in [0.5, 0.6) is 0 Å². The van der Waals surface area contributed by atoms with Gasteiger partial charge in [-0.15, -0.1) is 0 Å². The van der Waals surface area contributed by atoms with Gasteiger partial charge in [0.1, 0.15) is 12.1 Å². The maximum absolute atomic E-state index is 13.2. The molecular weight excluding hydrogens is 369 g/mol. The summed E-state index contributed by atoms with van der Waals surface area (Å²) >= 11 is 0. The average Bonchev–Trinajstić information content (AvgIpc) is 3.30. The Labute approximate surface area is 168 Å². The number of imidazole rings is 1. The van der Waals surface area contributed by atoms with E-state index in [9.17, 15) is 14.4 Å². The van der Waals surface area contributed by atoms with E-state index in [4.69, 9.17) is 0 Å². The van der Waals surface area contributed by atoms with Gasteiger partial charge in [-0.2, -0.15) is 5.26 Å². The van der Waals surface area contributed by atoms with Gasteiger partial charge in [0.25, 0.3) is 5.91 Å². The number of carbonyl (C=O) groups is 1. The summed E-state index contributed by atoms with van der Waals surface area (Å²) in [5.74, 6) is 0.152. The first-order valence-corrected chi connectivity index (χ1v) is 9.49. The Morgan fingerprint density at radius 3 is 2.59 bits per heavy atom. The minimum absolute atomic E-state index is 0.102. The van der Waals surface area contributed by atoms with Crippen molar-refractivity contribution in [2.24, 2.45) is 5.41 Å². The molecule has 4 rings (SSSR count). The van der Waals surface area contributed by atoms with Crippen LogP contribution in [0.15, 0.2) is 61.3 Å². The van der Waals surface area contributed by atoms with E-state index in [1.807, 2.05) is 0 Å². The zero-order chi connectivity index (χ0) is 20.3. The predicted molar refractivity (Wildman–Crippen MR) is 105 cm³/mol. The van der Waals surface area contributed by atoms with Crippen LogP contribution in [0.3, 0.4) is 0 Å². The van der Waals surface area contributed by atoms with Crippen molar-refractivity contribution in [1.29, 1.82) is 5.26 Å². The molecular formula is C22H20FN5O. The molecule has 1 amide bonds. The SMILES string of the molecule is N#CC1(Cc2ccc(F)cc2)CCN(C(=O)c2cccnc2-n2ccnc2)CC1. The predicted octanol–water partition coefficient (Wildman–Crippen LogP) is 3.40. The lowest BCUT2D eigenvalue weighted by Gasteiger charge is -2.37. The second-order valence-electron chi connectivity index (χ2n) is 7.33. The van der Waals surface area contributed by atoms with Gasteiger partial charge in [0.2, 0.25) is 0 Å². The number of nitrogens with zero attached hydrogens (tertiary/aromatic N) is 5. The lowest BCUT2D eigenvalue weighted by molar-refractivity contribution is 0.0647. The number of hydrogen-bond donors (Lipinski definition) is 0. The van der Waals surface area contributed by atoms with Crippen LogP contribution in [-0.2, 0) is 6.42 Å². The van der Waals surface area contributed by atoms with Crippen LogP contribution in [0, 0.1) is 22.6 Å². The van der Waals surface area contributed by atoms with Gasteiger partial charge in [-0.3, -0.25) is 9.36 Å². The Bertz CT molecular complexity index is 1030. The summed E-state index contributed by atoms with van der Waals surface area (Å²) in [5, 5.41) is 9.82. The van der Waals surface area contributed by atoms with Crippen LogP contribution in [0.1, 0.15) is 28.8 Å². The van der Waals surface area contributed by atoms with Crippen LogP contribution < -0.4 is 0 Å². The highest BCUT2D eigenvalue weighted by Gasteiger charge is 2.37. The van der Waals surface area contributed by atoms with Gasteiger partial charge in [0.05, 0.1) is 17.0 Å².